The van der Waals surface area contributed by atoms with Gasteiger partial charge in [0.05, 0.1) is 6.10 Å². The third kappa shape index (κ3) is 5.82. The third-order valence-corrected chi connectivity index (χ3v) is 4.77. The molecule has 4 heteroatoms. The number of carbonyl (C=O) groups is 1. The molecule has 1 aromatic rings. The number of benzene rings is 1. The quantitative estimate of drug-likeness (QED) is 0.794. The third-order valence-electron chi connectivity index (χ3n) is 4.77. The second-order valence-corrected chi connectivity index (χ2v) is 7.79. The standard InChI is InChI=1S/C20H32N2O2/c1-20(2,14-21)15-22(3)19(23)12-11-16-7-6-10-18(13-16)24-17-8-4-5-9-17/h6-7,10,13,17H,4-5,8-9,11-12,14-15,21H2,1-3H3. The summed E-state index contributed by atoms with van der Waals surface area (Å²) in [5.74, 6) is 1.10. The van der Waals surface area contributed by atoms with Gasteiger partial charge in [-0.15, -0.1) is 0 Å². The molecule has 1 aliphatic rings. The lowest BCUT2D eigenvalue weighted by molar-refractivity contribution is -0.131. The lowest BCUT2D eigenvalue weighted by Gasteiger charge is -2.29. The van der Waals surface area contributed by atoms with E-state index in [1.807, 2.05) is 19.2 Å². The van der Waals surface area contributed by atoms with Gasteiger partial charge in [-0.25, -0.2) is 0 Å². The average molecular weight is 332 g/mol. The van der Waals surface area contributed by atoms with Crippen molar-refractivity contribution in [3.63, 3.8) is 0 Å². The minimum atomic E-state index is -0.0422. The van der Waals surface area contributed by atoms with E-state index in [2.05, 4.69) is 26.0 Å². The summed E-state index contributed by atoms with van der Waals surface area (Å²) in [6.45, 7) is 5.43. The minimum absolute atomic E-state index is 0.0422. The highest BCUT2D eigenvalue weighted by atomic mass is 16.5. The number of nitrogens with zero attached hydrogens (tertiary/aromatic N) is 1. The number of nitrogens with two attached hydrogens (primary N) is 1. The van der Waals surface area contributed by atoms with Crippen LogP contribution in [0, 0.1) is 5.41 Å². The average Bonchev–Trinajstić information content (AvgIpc) is 3.05. The van der Waals surface area contributed by atoms with Crippen LogP contribution in [0.1, 0.15) is 51.5 Å². The first-order chi connectivity index (χ1) is 11.4. The maximum atomic E-state index is 12.3. The molecule has 1 aliphatic carbocycles. The molecule has 0 radical (unpaired) electrons. The first kappa shape index (κ1) is 18.8. The first-order valence-electron chi connectivity index (χ1n) is 9.09. The predicted octanol–water partition coefficient (Wildman–Crippen LogP) is 3.38. The summed E-state index contributed by atoms with van der Waals surface area (Å²) in [6.07, 6.45) is 6.48. The van der Waals surface area contributed by atoms with Crippen LogP contribution >= 0.6 is 0 Å². The largest absolute Gasteiger partial charge is 0.490 e. The van der Waals surface area contributed by atoms with Gasteiger partial charge < -0.3 is 15.4 Å². The molecule has 2 rings (SSSR count). The Labute approximate surface area is 146 Å². The molecule has 134 valence electrons. The monoisotopic (exact) mass is 332 g/mol. The Kier molecular flexibility index (Phi) is 6.67. The topological polar surface area (TPSA) is 55.6 Å². The van der Waals surface area contributed by atoms with Crippen LogP contribution in [0.2, 0.25) is 0 Å². The highest BCUT2D eigenvalue weighted by molar-refractivity contribution is 5.76. The summed E-state index contributed by atoms with van der Waals surface area (Å²) in [6, 6.07) is 8.18. The zero-order valence-electron chi connectivity index (χ0n) is 15.4. The molecule has 1 amide bonds. The summed E-state index contributed by atoms with van der Waals surface area (Å²) >= 11 is 0. The second-order valence-electron chi connectivity index (χ2n) is 7.79. The number of hydrogen-bond acceptors (Lipinski definition) is 3. The lowest BCUT2D eigenvalue weighted by Crippen LogP contribution is -2.39. The Morgan fingerprint density at radius 2 is 2.04 bits per heavy atom. The van der Waals surface area contributed by atoms with Crippen molar-refractivity contribution in [2.45, 2.75) is 58.5 Å². The molecule has 1 fully saturated rings. The number of aryl methyl sites for hydroxylation is 1. The van der Waals surface area contributed by atoms with Crippen LogP contribution in [0.5, 0.6) is 5.75 Å². The first-order valence-corrected chi connectivity index (χ1v) is 9.09. The molecule has 0 atom stereocenters. The Morgan fingerprint density at radius 1 is 1.33 bits per heavy atom. The molecule has 0 unspecified atom stereocenters. The van der Waals surface area contributed by atoms with Crippen molar-refractivity contribution >= 4 is 5.91 Å². The van der Waals surface area contributed by atoms with E-state index in [0.29, 0.717) is 25.6 Å². The van der Waals surface area contributed by atoms with E-state index in [-0.39, 0.29) is 11.3 Å². The maximum Gasteiger partial charge on any atom is 0.222 e. The van der Waals surface area contributed by atoms with Crippen LogP contribution in [0.3, 0.4) is 0 Å². The van der Waals surface area contributed by atoms with Crippen LogP contribution in [0.4, 0.5) is 0 Å². The molecule has 1 saturated carbocycles. The van der Waals surface area contributed by atoms with E-state index in [1.165, 1.54) is 12.8 Å². The summed E-state index contributed by atoms with van der Waals surface area (Å²) in [7, 11) is 1.86. The van der Waals surface area contributed by atoms with Gasteiger partial charge in [-0.1, -0.05) is 26.0 Å². The van der Waals surface area contributed by atoms with Crippen LogP contribution < -0.4 is 10.5 Å². The van der Waals surface area contributed by atoms with Crippen molar-refractivity contribution in [1.82, 2.24) is 4.90 Å². The van der Waals surface area contributed by atoms with Crippen molar-refractivity contribution in [3.8, 4) is 5.75 Å². The van der Waals surface area contributed by atoms with E-state index in [1.54, 1.807) is 4.90 Å². The van der Waals surface area contributed by atoms with Gasteiger partial charge in [0.2, 0.25) is 5.91 Å². The van der Waals surface area contributed by atoms with E-state index < -0.39 is 0 Å². The van der Waals surface area contributed by atoms with Gasteiger partial charge in [0.1, 0.15) is 5.75 Å². The predicted molar refractivity (Wildman–Crippen MR) is 98.1 cm³/mol. The molecule has 0 spiro atoms. The molecule has 0 aromatic heterocycles. The van der Waals surface area contributed by atoms with Gasteiger partial charge in [-0.3, -0.25) is 4.79 Å². The molecule has 24 heavy (non-hydrogen) atoms. The zero-order chi connectivity index (χ0) is 17.6. The van der Waals surface area contributed by atoms with Crippen molar-refractivity contribution in [3.05, 3.63) is 29.8 Å². The van der Waals surface area contributed by atoms with Crippen molar-refractivity contribution in [1.29, 1.82) is 0 Å². The Hall–Kier alpha value is -1.55. The molecule has 0 saturated heterocycles. The van der Waals surface area contributed by atoms with Crippen LogP contribution in [-0.4, -0.2) is 37.0 Å². The minimum Gasteiger partial charge on any atom is -0.490 e. The smallest absolute Gasteiger partial charge is 0.222 e. The summed E-state index contributed by atoms with van der Waals surface area (Å²) < 4.78 is 6.04. The Bertz CT molecular complexity index is 536. The molecule has 2 N–H and O–H groups in total. The maximum absolute atomic E-state index is 12.3. The van der Waals surface area contributed by atoms with Crippen molar-refractivity contribution in [2.24, 2.45) is 11.1 Å². The number of amides is 1. The SMILES string of the molecule is CN(CC(C)(C)CN)C(=O)CCc1cccc(OC2CCCC2)c1. The highest BCUT2D eigenvalue weighted by Crippen LogP contribution is 2.25. The van der Waals surface area contributed by atoms with Crippen LogP contribution in [0.15, 0.2) is 24.3 Å². The van der Waals surface area contributed by atoms with Crippen molar-refractivity contribution in [2.75, 3.05) is 20.1 Å². The fourth-order valence-corrected chi connectivity index (χ4v) is 3.21. The fraction of sp³-hybridized carbons (Fsp3) is 0.650. The number of hydrogen-bond donors (Lipinski definition) is 1. The fourth-order valence-electron chi connectivity index (χ4n) is 3.21. The molecule has 1 aromatic carbocycles. The normalized spacial score (nSPS) is 15.5. The van der Waals surface area contributed by atoms with E-state index in [9.17, 15) is 4.79 Å². The van der Waals surface area contributed by atoms with Gasteiger partial charge in [0.25, 0.3) is 0 Å². The van der Waals surface area contributed by atoms with Gasteiger partial charge in [-0.2, -0.15) is 0 Å². The van der Waals surface area contributed by atoms with Gasteiger partial charge in [0, 0.05) is 20.0 Å². The highest BCUT2D eigenvalue weighted by Gasteiger charge is 2.21. The van der Waals surface area contributed by atoms with Crippen molar-refractivity contribution < 1.29 is 9.53 Å². The summed E-state index contributed by atoms with van der Waals surface area (Å²) in [4.78, 5) is 14.1. The Balaban J connectivity index is 1.83. The molecular weight excluding hydrogens is 300 g/mol. The summed E-state index contributed by atoms with van der Waals surface area (Å²) in [5.41, 5.74) is 6.87. The Morgan fingerprint density at radius 3 is 2.71 bits per heavy atom. The van der Waals surface area contributed by atoms with Gasteiger partial charge >= 0.3 is 0 Å². The summed E-state index contributed by atoms with van der Waals surface area (Å²) in [5, 5.41) is 0. The zero-order valence-corrected chi connectivity index (χ0v) is 15.4. The molecule has 0 aliphatic heterocycles. The number of carbonyl (C=O) groups excluding carboxylic acids is 1. The second kappa shape index (κ2) is 8.52. The number of rotatable bonds is 8. The molecule has 0 heterocycles. The van der Waals surface area contributed by atoms with E-state index in [4.69, 9.17) is 10.5 Å². The van der Waals surface area contributed by atoms with Gasteiger partial charge in [0.15, 0.2) is 0 Å². The molecular formula is C20H32N2O2. The van der Waals surface area contributed by atoms with Gasteiger partial charge in [-0.05, 0) is 61.8 Å². The number of ether oxygens (including phenoxy) is 1. The van der Waals surface area contributed by atoms with E-state index in [0.717, 1.165) is 30.6 Å². The van der Waals surface area contributed by atoms with Crippen LogP contribution in [-0.2, 0) is 11.2 Å². The molecule has 4 nitrogen and oxygen atoms in total. The van der Waals surface area contributed by atoms with E-state index >= 15 is 0 Å². The van der Waals surface area contributed by atoms with Crippen LogP contribution in [0.25, 0.3) is 0 Å². The molecule has 0 bridgehead atoms. The lowest BCUT2D eigenvalue weighted by atomic mass is 9.93.